The van der Waals surface area contributed by atoms with Crippen molar-refractivity contribution in [2.75, 3.05) is 20.2 Å². The van der Waals surface area contributed by atoms with Crippen LogP contribution in [0.25, 0.3) is 22.0 Å². The number of nitrogens with zero attached hydrogens (tertiary/aromatic N) is 2. The third-order valence-electron chi connectivity index (χ3n) is 4.49. The highest BCUT2D eigenvalue weighted by atomic mass is 16.5. The summed E-state index contributed by atoms with van der Waals surface area (Å²) in [7, 11) is 1.64. The van der Waals surface area contributed by atoms with Crippen LogP contribution in [0.4, 0.5) is 4.79 Å². The minimum Gasteiger partial charge on any atom is -0.491 e. The minimum absolute atomic E-state index is 0.0925. The first kappa shape index (κ1) is 15.4. The summed E-state index contributed by atoms with van der Waals surface area (Å²) in [6.07, 6.45) is 1.83. The molecular formula is C20H19N3O2. The van der Waals surface area contributed by atoms with Crippen LogP contribution in [0.1, 0.15) is 5.56 Å². The molecule has 1 N–H and O–H groups in total. The van der Waals surface area contributed by atoms with Crippen LogP contribution in [0.2, 0.25) is 0 Å². The number of amides is 2. The van der Waals surface area contributed by atoms with Gasteiger partial charge in [0.05, 0.1) is 18.8 Å². The summed E-state index contributed by atoms with van der Waals surface area (Å²) in [5.41, 5.74) is 2.96. The predicted octanol–water partition coefficient (Wildman–Crippen LogP) is 3.44. The second kappa shape index (κ2) is 6.43. The summed E-state index contributed by atoms with van der Waals surface area (Å²) < 4.78 is 5.81. The first-order valence-electron chi connectivity index (χ1n) is 8.33. The summed E-state index contributed by atoms with van der Waals surface area (Å²) in [6.45, 7) is 1.58. The van der Waals surface area contributed by atoms with Crippen LogP contribution in [-0.4, -0.2) is 36.1 Å². The Bertz CT molecular complexity index is 934. The zero-order valence-corrected chi connectivity index (χ0v) is 14.0. The molecule has 0 saturated heterocycles. The lowest BCUT2D eigenvalue weighted by Crippen LogP contribution is -2.38. The second-order valence-corrected chi connectivity index (χ2v) is 6.03. The van der Waals surface area contributed by atoms with Gasteiger partial charge in [-0.05, 0) is 29.7 Å². The Kier molecular flexibility index (Phi) is 3.98. The van der Waals surface area contributed by atoms with Crippen LogP contribution in [0, 0.1) is 0 Å². The Morgan fingerprint density at radius 2 is 2.08 bits per heavy atom. The Morgan fingerprint density at radius 1 is 1.20 bits per heavy atom. The molecule has 0 atom stereocenters. The van der Waals surface area contributed by atoms with Crippen molar-refractivity contribution in [3.63, 3.8) is 0 Å². The van der Waals surface area contributed by atoms with E-state index in [0.29, 0.717) is 19.7 Å². The molecule has 0 aliphatic carbocycles. The molecule has 1 aromatic heterocycles. The van der Waals surface area contributed by atoms with Gasteiger partial charge in [-0.25, -0.2) is 4.79 Å². The highest BCUT2D eigenvalue weighted by molar-refractivity contribution is 5.94. The van der Waals surface area contributed by atoms with E-state index in [1.165, 1.54) is 0 Å². The molecule has 25 heavy (non-hydrogen) atoms. The van der Waals surface area contributed by atoms with E-state index in [-0.39, 0.29) is 6.03 Å². The fourth-order valence-electron chi connectivity index (χ4n) is 3.22. The molecule has 0 unspecified atom stereocenters. The lowest BCUT2D eigenvalue weighted by molar-refractivity contribution is 0.190. The number of pyridine rings is 1. The lowest BCUT2D eigenvalue weighted by atomic mass is 10.0. The van der Waals surface area contributed by atoms with E-state index in [1.54, 1.807) is 11.9 Å². The van der Waals surface area contributed by atoms with Gasteiger partial charge >= 0.3 is 6.03 Å². The van der Waals surface area contributed by atoms with Gasteiger partial charge in [0, 0.05) is 29.8 Å². The first-order valence-corrected chi connectivity index (χ1v) is 8.33. The molecule has 0 fully saturated rings. The molecule has 0 spiro atoms. The average molecular weight is 333 g/mol. The van der Waals surface area contributed by atoms with Crippen molar-refractivity contribution in [2.45, 2.75) is 6.54 Å². The van der Waals surface area contributed by atoms with E-state index >= 15 is 0 Å². The number of benzene rings is 2. The molecule has 2 aromatic carbocycles. The van der Waals surface area contributed by atoms with Gasteiger partial charge in [0.1, 0.15) is 12.4 Å². The Hall–Kier alpha value is -3.08. The molecule has 1 aliphatic heterocycles. The predicted molar refractivity (Wildman–Crippen MR) is 97.5 cm³/mol. The van der Waals surface area contributed by atoms with E-state index in [9.17, 15) is 4.79 Å². The van der Waals surface area contributed by atoms with Crippen molar-refractivity contribution >= 4 is 16.8 Å². The number of nitrogens with one attached hydrogen (secondary N) is 1. The molecular weight excluding hydrogens is 314 g/mol. The molecule has 2 heterocycles. The van der Waals surface area contributed by atoms with Gasteiger partial charge in [0.2, 0.25) is 0 Å². The average Bonchev–Trinajstić information content (AvgIpc) is 2.88. The van der Waals surface area contributed by atoms with Crippen molar-refractivity contribution in [2.24, 2.45) is 0 Å². The van der Waals surface area contributed by atoms with Crippen molar-refractivity contribution in [3.8, 4) is 17.0 Å². The van der Waals surface area contributed by atoms with Crippen LogP contribution in [0.15, 0.2) is 54.7 Å². The van der Waals surface area contributed by atoms with E-state index in [4.69, 9.17) is 4.74 Å². The van der Waals surface area contributed by atoms with E-state index in [1.807, 2.05) is 36.5 Å². The zero-order chi connectivity index (χ0) is 17.2. The number of carbonyl (C=O) groups is 1. The fraction of sp³-hybridized carbons (Fsp3) is 0.200. The normalized spacial score (nSPS) is 13.7. The fourth-order valence-corrected chi connectivity index (χ4v) is 3.22. The number of hydrogen-bond acceptors (Lipinski definition) is 3. The van der Waals surface area contributed by atoms with Gasteiger partial charge < -0.3 is 15.0 Å². The first-order chi connectivity index (χ1) is 12.3. The molecule has 0 bridgehead atoms. The highest BCUT2D eigenvalue weighted by Crippen LogP contribution is 2.31. The number of fused-ring (bicyclic) bond motifs is 2. The lowest BCUT2D eigenvalue weighted by Gasteiger charge is -2.19. The van der Waals surface area contributed by atoms with Gasteiger partial charge in [-0.1, -0.05) is 24.3 Å². The molecule has 2 amide bonds. The molecule has 1 aliphatic rings. The monoisotopic (exact) mass is 333 g/mol. The van der Waals surface area contributed by atoms with Crippen LogP contribution in [0.3, 0.4) is 0 Å². The van der Waals surface area contributed by atoms with Crippen LogP contribution >= 0.6 is 0 Å². The SMILES string of the molecule is CNC(=O)N1CCOc2ccc(-c3nccc4ccccc34)cc2C1. The number of aromatic nitrogens is 1. The molecule has 5 heteroatoms. The maximum atomic E-state index is 12.0. The van der Waals surface area contributed by atoms with Gasteiger partial charge in [-0.3, -0.25) is 4.98 Å². The topological polar surface area (TPSA) is 54.5 Å². The van der Waals surface area contributed by atoms with Crippen molar-refractivity contribution < 1.29 is 9.53 Å². The number of ether oxygens (including phenoxy) is 1. The molecule has 0 saturated carbocycles. The number of urea groups is 1. The number of hydrogen-bond donors (Lipinski definition) is 1. The Morgan fingerprint density at radius 3 is 2.96 bits per heavy atom. The van der Waals surface area contributed by atoms with E-state index < -0.39 is 0 Å². The Labute approximate surface area is 146 Å². The third kappa shape index (κ3) is 2.89. The second-order valence-electron chi connectivity index (χ2n) is 6.03. The molecule has 0 radical (unpaired) electrons. The van der Waals surface area contributed by atoms with Crippen molar-refractivity contribution in [1.29, 1.82) is 0 Å². The van der Waals surface area contributed by atoms with Crippen LogP contribution in [-0.2, 0) is 6.54 Å². The quantitative estimate of drug-likeness (QED) is 0.742. The summed E-state index contributed by atoms with van der Waals surface area (Å²) in [5, 5.41) is 4.95. The molecule has 4 rings (SSSR count). The number of rotatable bonds is 1. The third-order valence-corrected chi connectivity index (χ3v) is 4.49. The van der Waals surface area contributed by atoms with Crippen LogP contribution < -0.4 is 10.1 Å². The summed E-state index contributed by atoms with van der Waals surface area (Å²) >= 11 is 0. The summed E-state index contributed by atoms with van der Waals surface area (Å²) in [6, 6.07) is 16.2. The molecule has 126 valence electrons. The minimum atomic E-state index is -0.0925. The molecule has 3 aromatic rings. The van der Waals surface area contributed by atoms with Gasteiger partial charge in [0.15, 0.2) is 0 Å². The maximum Gasteiger partial charge on any atom is 0.317 e. The summed E-state index contributed by atoms with van der Waals surface area (Å²) in [4.78, 5) is 18.3. The smallest absolute Gasteiger partial charge is 0.317 e. The van der Waals surface area contributed by atoms with Gasteiger partial charge in [0.25, 0.3) is 0 Å². The Balaban J connectivity index is 1.78. The van der Waals surface area contributed by atoms with E-state index in [0.717, 1.165) is 33.3 Å². The standard InChI is InChI=1S/C20H19N3O2/c1-21-20(24)23-10-11-25-18-7-6-15(12-16(18)13-23)19-17-5-3-2-4-14(17)8-9-22-19/h2-9,12H,10-11,13H2,1H3,(H,21,24). The summed E-state index contributed by atoms with van der Waals surface area (Å²) in [5.74, 6) is 0.829. The van der Waals surface area contributed by atoms with E-state index in [2.05, 4.69) is 28.5 Å². The van der Waals surface area contributed by atoms with Crippen molar-refractivity contribution in [3.05, 3.63) is 60.3 Å². The highest BCUT2D eigenvalue weighted by Gasteiger charge is 2.20. The largest absolute Gasteiger partial charge is 0.491 e. The maximum absolute atomic E-state index is 12.0. The van der Waals surface area contributed by atoms with Gasteiger partial charge in [-0.2, -0.15) is 0 Å². The van der Waals surface area contributed by atoms with Crippen LogP contribution in [0.5, 0.6) is 5.75 Å². The number of carbonyl (C=O) groups excluding carboxylic acids is 1. The van der Waals surface area contributed by atoms with Gasteiger partial charge in [-0.15, -0.1) is 0 Å². The van der Waals surface area contributed by atoms with Crippen molar-refractivity contribution in [1.82, 2.24) is 15.2 Å². The zero-order valence-electron chi connectivity index (χ0n) is 14.0. The molecule has 5 nitrogen and oxygen atoms in total.